The Kier molecular flexibility index (Phi) is 3.52. The molecule has 0 saturated carbocycles. The summed E-state index contributed by atoms with van der Waals surface area (Å²) < 4.78 is 0. The highest BCUT2D eigenvalue weighted by molar-refractivity contribution is 5.97. The first kappa shape index (κ1) is 12.4. The highest BCUT2D eigenvalue weighted by atomic mass is 16.3. The lowest BCUT2D eigenvalue weighted by Crippen LogP contribution is -2.38. The second-order valence-electron chi connectivity index (χ2n) is 4.72. The third kappa shape index (κ3) is 2.45. The van der Waals surface area contributed by atoms with Gasteiger partial charge in [0.05, 0.1) is 11.6 Å². The van der Waals surface area contributed by atoms with E-state index in [1.54, 1.807) is 23.1 Å². The molecule has 4 nitrogen and oxygen atoms in total. The van der Waals surface area contributed by atoms with Gasteiger partial charge in [-0.15, -0.1) is 0 Å². The van der Waals surface area contributed by atoms with Gasteiger partial charge in [-0.25, -0.2) is 0 Å². The van der Waals surface area contributed by atoms with Crippen molar-refractivity contribution in [1.82, 2.24) is 4.90 Å². The summed E-state index contributed by atoms with van der Waals surface area (Å²) in [5, 5.41) is 18.6. The summed E-state index contributed by atoms with van der Waals surface area (Å²) in [6.07, 6.45) is 1.43. The van der Waals surface area contributed by atoms with Crippen molar-refractivity contribution in [2.24, 2.45) is 5.92 Å². The standard InChI is InChI=1S/C14H16N2O2/c1-10-2-3-13(17)12(8-10)14(18)16-6-4-11(9-15)5-7-16/h2-3,8,11,17H,4-7H2,1H3. The quantitative estimate of drug-likeness (QED) is 0.822. The number of aromatic hydroxyl groups is 1. The van der Waals surface area contributed by atoms with Crippen molar-refractivity contribution in [3.05, 3.63) is 29.3 Å². The Morgan fingerprint density at radius 1 is 1.44 bits per heavy atom. The van der Waals surface area contributed by atoms with Crippen LogP contribution in [0.3, 0.4) is 0 Å². The molecule has 1 aliphatic rings. The zero-order valence-electron chi connectivity index (χ0n) is 10.4. The van der Waals surface area contributed by atoms with Gasteiger partial charge in [-0.1, -0.05) is 11.6 Å². The largest absolute Gasteiger partial charge is 0.507 e. The molecular weight excluding hydrogens is 228 g/mol. The molecule has 18 heavy (non-hydrogen) atoms. The van der Waals surface area contributed by atoms with Crippen molar-refractivity contribution in [2.45, 2.75) is 19.8 Å². The number of benzene rings is 1. The zero-order valence-corrected chi connectivity index (χ0v) is 10.4. The molecule has 0 bridgehead atoms. The maximum atomic E-state index is 12.3. The number of amides is 1. The summed E-state index contributed by atoms with van der Waals surface area (Å²) in [6.45, 7) is 3.06. The number of rotatable bonds is 1. The van der Waals surface area contributed by atoms with E-state index >= 15 is 0 Å². The Labute approximate surface area is 106 Å². The van der Waals surface area contributed by atoms with Crippen LogP contribution >= 0.6 is 0 Å². The van der Waals surface area contributed by atoms with Crippen LogP contribution in [-0.4, -0.2) is 29.0 Å². The first-order valence-corrected chi connectivity index (χ1v) is 6.10. The van der Waals surface area contributed by atoms with Crippen LogP contribution in [0.25, 0.3) is 0 Å². The maximum absolute atomic E-state index is 12.3. The predicted molar refractivity (Wildman–Crippen MR) is 67.1 cm³/mol. The summed E-state index contributed by atoms with van der Waals surface area (Å²) >= 11 is 0. The Balaban J connectivity index is 2.13. The average molecular weight is 244 g/mol. The van der Waals surface area contributed by atoms with Gasteiger partial charge < -0.3 is 10.0 Å². The highest BCUT2D eigenvalue weighted by Crippen LogP contribution is 2.23. The maximum Gasteiger partial charge on any atom is 0.257 e. The highest BCUT2D eigenvalue weighted by Gasteiger charge is 2.24. The van der Waals surface area contributed by atoms with E-state index in [2.05, 4.69) is 6.07 Å². The van der Waals surface area contributed by atoms with Crippen molar-refractivity contribution >= 4 is 5.91 Å². The zero-order chi connectivity index (χ0) is 13.1. The molecule has 1 saturated heterocycles. The van der Waals surface area contributed by atoms with Gasteiger partial charge in [0.25, 0.3) is 5.91 Å². The molecule has 0 radical (unpaired) electrons. The monoisotopic (exact) mass is 244 g/mol. The van der Waals surface area contributed by atoms with Crippen LogP contribution in [0.2, 0.25) is 0 Å². The van der Waals surface area contributed by atoms with Crippen molar-refractivity contribution in [3.8, 4) is 11.8 Å². The van der Waals surface area contributed by atoms with Crippen LogP contribution in [0.4, 0.5) is 0 Å². The van der Waals surface area contributed by atoms with Crippen LogP contribution in [0.5, 0.6) is 5.75 Å². The van der Waals surface area contributed by atoms with E-state index in [0.717, 1.165) is 18.4 Å². The molecule has 0 aromatic heterocycles. The van der Waals surface area contributed by atoms with Crippen molar-refractivity contribution in [1.29, 1.82) is 5.26 Å². The summed E-state index contributed by atoms with van der Waals surface area (Å²) in [5.74, 6) is -0.0687. The molecule has 1 amide bonds. The van der Waals surface area contributed by atoms with Gasteiger partial charge in [-0.3, -0.25) is 4.79 Å². The summed E-state index contributed by atoms with van der Waals surface area (Å²) in [4.78, 5) is 14.0. The molecule has 1 N–H and O–H groups in total. The lowest BCUT2D eigenvalue weighted by Gasteiger charge is -2.29. The SMILES string of the molecule is Cc1ccc(O)c(C(=O)N2CCC(C#N)CC2)c1. The molecular formula is C14H16N2O2. The lowest BCUT2D eigenvalue weighted by molar-refractivity contribution is 0.0704. The van der Waals surface area contributed by atoms with Crippen LogP contribution in [0.1, 0.15) is 28.8 Å². The van der Waals surface area contributed by atoms with E-state index in [0.29, 0.717) is 18.7 Å². The van der Waals surface area contributed by atoms with Gasteiger partial charge in [0.2, 0.25) is 0 Å². The molecule has 1 fully saturated rings. The summed E-state index contributed by atoms with van der Waals surface area (Å²) in [6, 6.07) is 7.26. The van der Waals surface area contributed by atoms with E-state index in [1.807, 2.05) is 6.92 Å². The van der Waals surface area contributed by atoms with Crippen LogP contribution < -0.4 is 0 Å². The third-order valence-corrected chi connectivity index (χ3v) is 3.35. The molecule has 0 unspecified atom stereocenters. The number of carbonyl (C=O) groups excluding carboxylic acids is 1. The van der Waals surface area contributed by atoms with Gasteiger partial charge in [0.15, 0.2) is 0 Å². The van der Waals surface area contributed by atoms with E-state index < -0.39 is 0 Å². The molecule has 0 aliphatic carbocycles. The predicted octanol–water partition coefficient (Wildman–Crippen LogP) is 2.08. The van der Waals surface area contributed by atoms with Gasteiger partial charge in [0, 0.05) is 19.0 Å². The Bertz CT molecular complexity index is 497. The smallest absolute Gasteiger partial charge is 0.257 e. The number of nitrogens with zero attached hydrogens (tertiary/aromatic N) is 2. The Morgan fingerprint density at radius 3 is 2.72 bits per heavy atom. The van der Waals surface area contributed by atoms with Crippen molar-refractivity contribution in [2.75, 3.05) is 13.1 Å². The van der Waals surface area contributed by atoms with Crippen LogP contribution in [0.15, 0.2) is 18.2 Å². The molecule has 4 heteroatoms. The first-order chi connectivity index (χ1) is 8.61. The minimum Gasteiger partial charge on any atom is -0.507 e. The number of phenols is 1. The van der Waals surface area contributed by atoms with E-state index in [4.69, 9.17) is 5.26 Å². The number of phenolic OH excluding ortho intramolecular Hbond substituents is 1. The van der Waals surface area contributed by atoms with Gasteiger partial charge in [0.1, 0.15) is 5.75 Å². The second kappa shape index (κ2) is 5.09. The first-order valence-electron chi connectivity index (χ1n) is 6.10. The molecule has 2 rings (SSSR count). The fraction of sp³-hybridized carbons (Fsp3) is 0.429. The van der Waals surface area contributed by atoms with E-state index in [-0.39, 0.29) is 17.6 Å². The lowest BCUT2D eigenvalue weighted by atomic mass is 9.98. The summed E-state index contributed by atoms with van der Waals surface area (Å²) in [5.41, 5.74) is 1.30. The third-order valence-electron chi connectivity index (χ3n) is 3.35. The Morgan fingerprint density at radius 2 is 2.11 bits per heavy atom. The molecule has 0 spiro atoms. The number of carbonyl (C=O) groups is 1. The fourth-order valence-electron chi connectivity index (χ4n) is 2.20. The normalized spacial score (nSPS) is 16.3. The topological polar surface area (TPSA) is 64.3 Å². The van der Waals surface area contributed by atoms with Gasteiger partial charge in [-0.05, 0) is 31.9 Å². The van der Waals surface area contributed by atoms with Crippen molar-refractivity contribution in [3.63, 3.8) is 0 Å². The van der Waals surface area contributed by atoms with Crippen molar-refractivity contribution < 1.29 is 9.90 Å². The fourth-order valence-corrected chi connectivity index (χ4v) is 2.20. The summed E-state index contributed by atoms with van der Waals surface area (Å²) in [7, 11) is 0. The molecule has 1 aliphatic heterocycles. The minimum atomic E-state index is -0.146. The average Bonchev–Trinajstić information content (AvgIpc) is 2.41. The second-order valence-corrected chi connectivity index (χ2v) is 4.72. The van der Waals surface area contributed by atoms with Crippen LogP contribution in [0, 0.1) is 24.2 Å². The van der Waals surface area contributed by atoms with E-state index in [1.165, 1.54) is 0 Å². The number of nitriles is 1. The number of likely N-dealkylation sites (tertiary alicyclic amines) is 1. The minimum absolute atomic E-state index is 0.0213. The molecule has 1 aromatic rings. The Hall–Kier alpha value is -2.02. The van der Waals surface area contributed by atoms with Gasteiger partial charge >= 0.3 is 0 Å². The number of piperidine rings is 1. The van der Waals surface area contributed by atoms with Crippen LogP contribution in [-0.2, 0) is 0 Å². The molecule has 0 atom stereocenters. The number of aryl methyl sites for hydroxylation is 1. The van der Waals surface area contributed by atoms with Gasteiger partial charge in [-0.2, -0.15) is 5.26 Å². The molecule has 1 aromatic carbocycles. The van der Waals surface area contributed by atoms with E-state index in [9.17, 15) is 9.90 Å². The number of hydrogen-bond acceptors (Lipinski definition) is 3. The number of hydrogen-bond donors (Lipinski definition) is 1. The molecule has 94 valence electrons. The molecule has 1 heterocycles.